The number of Topliss-reactive ketones (excluding diaryl/α,β-unsaturated/α-hetero) is 1. The lowest BCUT2D eigenvalue weighted by molar-refractivity contribution is 0.0992. The number of benzene rings is 2. The van der Waals surface area contributed by atoms with E-state index in [1.807, 2.05) is 0 Å². The first kappa shape index (κ1) is 23.8. The average Bonchev–Trinajstić information content (AvgIpc) is 2.72. The predicted octanol–water partition coefficient (Wildman–Crippen LogP) is 4.72. The summed E-state index contributed by atoms with van der Waals surface area (Å²) in [6.45, 7) is 0. The summed E-state index contributed by atoms with van der Waals surface area (Å²) in [5.41, 5.74) is 5.97. The third kappa shape index (κ3) is 5.79. The molecule has 31 heavy (non-hydrogen) atoms. The maximum atomic E-state index is 13.8. The Morgan fingerprint density at radius 1 is 1.03 bits per heavy atom. The lowest BCUT2D eigenvalue weighted by Gasteiger charge is -2.11. The van der Waals surface area contributed by atoms with Gasteiger partial charge >= 0.3 is 0 Å². The molecule has 0 radical (unpaired) electrons. The molecule has 0 bridgehead atoms. The van der Waals surface area contributed by atoms with Crippen molar-refractivity contribution in [1.29, 1.82) is 5.41 Å². The van der Waals surface area contributed by atoms with E-state index in [4.69, 9.17) is 11.1 Å². The third-order valence-electron chi connectivity index (χ3n) is 4.23. The van der Waals surface area contributed by atoms with E-state index in [0.29, 0.717) is 10.0 Å². The summed E-state index contributed by atoms with van der Waals surface area (Å²) >= 11 is 3.22. The van der Waals surface area contributed by atoms with E-state index in [1.54, 1.807) is 6.07 Å². The molecular formula is C22H19BrF2N4O2. The molecule has 160 valence electrons. The molecule has 0 fully saturated rings. The highest BCUT2D eigenvalue weighted by Crippen LogP contribution is 2.20. The Hall–Kier alpha value is -3.46. The van der Waals surface area contributed by atoms with Crippen molar-refractivity contribution < 1.29 is 18.4 Å². The number of amides is 1. The number of pyridine rings is 1. The van der Waals surface area contributed by atoms with Gasteiger partial charge in [0.2, 0.25) is 0 Å². The molecule has 0 aliphatic rings. The molecule has 0 unspecified atom stereocenters. The number of carbonyl (C=O) groups excluding carboxylic acids is 2. The number of nitrogen functional groups attached to an aromatic ring is 1. The molecule has 0 atom stereocenters. The predicted molar refractivity (Wildman–Crippen MR) is 118 cm³/mol. The molecule has 0 spiro atoms. The first-order valence-corrected chi connectivity index (χ1v) is 9.42. The molecule has 2 aromatic carbocycles. The Morgan fingerprint density at radius 2 is 1.65 bits per heavy atom. The number of carbonyl (C=O) groups is 2. The molecule has 1 amide bonds. The fourth-order valence-corrected chi connectivity index (χ4v) is 2.92. The standard InChI is InChI=1S/C21H15BrF2N4O2.CH4/c22-14-5-6-19(27-10-14)28-21(30)15-9-17(24)16(23)7-13(15)8-18(29)11-1-3-12(4-2-11)20(25)26;/h1-7,9-10H,8H2,(H3,25,26)(H,27,28,30);1H4. The fourth-order valence-electron chi connectivity index (χ4n) is 2.69. The van der Waals surface area contributed by atoms with Crippen molar-refractivity contribution in [3.8, 4) is 0 Å². The average molecular weight is 489 g/mol. The van der Waals surface area contributed by atoms with Gasteiger partial charge in [-0.05, 0) is 45.8 Å². The quantitative estimate of drug-likeness (QED) is 0.265. The molecule has 3 aromatic rings. The number of nitrogens with zero attached hydrogens (tertiary/aromatic N) is 1. The van der Waals surface area contributed by atoms with Crippen LogP contribution in [0.1, 0.15) is 39.3 Å². The Morgan fingerprint density at radius 3 is 2.23 bits per heavy atom. The van der Waals surface area contributed by atoms with Crippen molar-refractivity contribution in [1.82, 2.24) is 4.98 Å². The van der Waals surface area contributed by atoms with Crippen LogP contribution in [0.3, 0.4) is 0 Å². The van der Waals surface area contributed by atoms with Gasteiger partial charge in [0.1, 0.15) is 11.7 Å². The van der Waals surface area contributed by atoms with E-state index < -0.39 is 23.3 Å². The summed E-state index contributed by atoms with van der Waals surface area (Å²) in [6, 6.07) is 10.7. The largest absolute Gasteiger partial charge is 0.384 e. The smallest absolute Gasteiger partial charge is 0.257 e. The van der Waals surface area contributed by atoms with Crippen LogP contribution in [0.2, 0.25) is 0 Å². The number of amidine groups is 1. The van der Waals surface area contributed by atoms with Gasteiger partial charge in [0.05, 0.1) is 0 Å². The minimum Gasteiger partial charge on any atom is -0.384 e. The van der Waals surface area contributed by atoms with E-state index in [2.05, 4.69) is 26.2 Å². The van der Waals surface area contributed by atoms with E-state index in [0.717, 1.165) is 12.1 Å². The highest BCUT2D eigenvalue weighted by Gasteiger charge is 2.19. The Kier molecular flexibility index (Phi) is 7.71. The summed E-state index contributed by atoms with van der Waals surface area (Å²) in [5, 5.41) is 9.88. The second kappa shape index (κ2) is 10.0. The van der Waals surface area contributed by atoms with Crippen LogP contribution in [0.5, 0.6) is 0 Å². The number of ketones is 1. The maximum Gasteiger partial charge on any atom is 0.257 e. The van der Waals surface area contributed by atoms with Gasteiger partial charge in [0.25, 0.3) is 5.91 Å². The number of anilines is 1. The van der Waals surface area contributed by atoms with E-state index in [9.17, 15) is 18.4 Å². The summed E-state index contributed by atoms with van der Waals surface area (Å²) in [6.07, 6.45) is 1.14. The third-order valence-corrected chi connectivity index (χ3v) is 4.70. The molecule has 3 rings (SSSR count). The first-order valence-electron chi connectivity index (χ1n) is 8.63. The van der Waals surface area contributed by atoms with Gasteiger partial charge in [-0.1, -0.05) is 31.7 Å². The molecule has 0 saturated heterocycles. The Labute approximate surface area is 186 Å². The molecule has 0 aliphatic heterocycles. The number of aromatic nitrogens is 1. The highest BCUT2D eigenvalue weighted by atomic mass is 79.9. The number of rotatable bonds is 6. The topological polar surface area (TPSA) is 109 Å². The number of hydrogen-bond acceptors (Lipinski definition) is 4. The summed E-state index contributed by atoms with van der Waals surface area (Å²) in [5.74, 6) is -3.43. The monoisotopic (exact) mass is 488 g/mol. The fraction of sp³-hybridized carbons (Fsp3) is 0.0909. The summed E-state index contributed by atoms with van der Waals surface area (Å²) in [7, 11) is 0. The van der Waals surface area contributed by atoms with Gasteiger partial charge in [-0.15, -0.1) is 0 Å². The van der Waals surface area contributed by atoms with E-state index >= 15 is 0 Å². The molecule has 9 heteroatoms. The number of hydrogen-bond donors (Lipinski definition) is 3. The van der Waals surface area contributed by atoms with Crippen molar-refractivity contribution in [2.45, 2.75) is 13.8 Å². The highest BCUT2D eigenvalue weighted by molar-refractivity contribution is 9.10. The first-order chi connectivity index (χ1) is 14.2. The summed E-state index contributed by atoms with van der Waals surface area (Å²) < 4.78 is 28.3. The molecule has 1 heterocycles. The molecule has 1 aromatic heterocycles. The van der Waals surface area contributed by atoms with Gasteiger partial charge in [-0.25, -0.2) is 13.8 Å². The number of halogens is 3. The van der Waals surface area contributed by atoms with Crippen LogP contribution in [-0.4, -0.2) is 22.5 Å². The Balaban J connectivity index is 0.00000341. The van der Waals surface area contributed by atoms with Crippen molar-refractivity contribution in [2.75, 3.05) is 5.32 Å². The minimum absolute atomic E-state index is 0. The van der Waals surface area contributed by atoms with E-state index in [1.165, 1.54) is 36.5 Å². The molecule has 6 nitrogen and oxygen atoms in total. The van der Waals surface area contributed by atoms with Crippen LogP contribution >= 0.6 is 15.9 Å². The van der Waals surface area contributed by atoms with E-state index in [-0.39, 0.29) is 42.2 Å². The lowest BCUT2D eigenvalue weighted by atomic mass is 9.97. The molecule has 0 saturated carbocycles. The van der Waals surface area contributed by atoms with Gasteiger partial charge < -0.3 is 11.1 Å². The van der Waals surface area contributed by atoms with Gasteiger partial charge in [0.15, 0.2) is 17.4 Å². The molecular weight excluding hydrogens is 470 g/mol. The maximum absolute atomic E-state index is 13.8. The zero-order valence-corrected chi connectivity index (χ0v) is 17.0. The minimum atomic E-state index is -1.20. The second-order valence-corrected chi connectivity index (χ2v) is 7.25. The van der Waals surface area contributed by atoms with Crippen LogP contribution in [0, 0.1) is 17.0 Å². The van der Waals surface area contributed by atoms with Crippen molar-refractivity contribution in [2.24, 2.45) is 5.73 Å². The number of nitrogens with two attached hydrogens (primary N) is 1. The van der Waals surface area contributed by atoms with Crippen molar-refractivity contribution >= 4 is 39.3 Å². The molecule has 0 aliphatic carbocycles. The normalized spacial score (nSPS) is 10.2. The zero-order valence-electron chi connectivity index (χ0n) is 15.4. The Bertz CT molecular complexity index is 1130. The lowest BCUT2D eigenvalue weighted by Crippen LogP contribution is -2.18. The SMILES string of the molecule is C.N=C(N)c1ccc(C(=O)Cc2cc(F)c(F)cc2C(=O)Nc2ccc(Br)cn2)cc1. The van der Waals surface area contributed by atoms with Gasteiger partial charge in [-0.3, -0.25) is 15.0 Å². The van der Waals surface area contributed by atoms with Crippen LogP contribution < -0.4 is 11.1 Å². The van der Waals surface area contributed by atoms with Gasteiger partial charge in [-0.2, -0.15) is 0 Å². The van der Waals surface area contributed by atoms with Gasteiger partial charge in [0, 0.05) is 33.8 Å². The van der Waals surface area contributed by atoms with Crippen LogP contribution in [-0.2, 0) is 6.42 Å². The van der Waals surface area contributed by atoms with Crippen LogP contribution in [0.4, 0.5) is 14.6 Å². The number of nitrogens with one attached hydrogen (secondary N) is 2. The van der Waals surface area contributed by atoms with Crippen LogP contribution in [0.25, 0.3) is 0 Å². The zero-order chi connectivity index (χ0) is 21.8. The summed E-state index contributed by atoms with van der Waals surface area (Å²) in [4.78, 5) is 29.2. The van der Waals surface area contributed by atoms with Crippen molar-refractivity contribution in [3.05, 3.63) is 93.1 Å². The van der Waals surface area contributed by atoms with Crippen molar-refractivity contribution in [3.63, 3.8) is 0 Å². The second-order valence-electron chi connectivity index (χ2n) is 6.33. The van der Waals surface area contributed by atoms with Crippen LogP contribution in [0.15, 0.2) is 59.2 Å². The molecule has 4 N–H and O–H groups in total.